The molecule has 0 spiro atoms. The number of rotatable bonds is 0. The van der Waals surface area contributed by atoms with Crippen molar-refractivity contribution in [3.8, 4) is 0 Å². The first-order chi connectivity index (χ1) is 6.52. The van der Waals surface area contributed by atoms with Crippen LogP contribution in [0.2, 0.25) is 15.3 Å². The van der Waals surface area contributed by atoms with E-state index in [1.54, 1.807) is 0 Å². The van der Waals surface area contributed by atoms with Crippen molar-refractivity contribution >= 4 is 45.8 Å². The number of benzene rings is 1. The molecule has 14 heavy (non-hydrogen) atoms. The third kappa shape index (κ3) is 1.29. The standard InChI is InChI=1S/C9H7Cl3N2/c1-3-4(2)6(11)8-7(5(3)10)13-9(12)14-8/h1-2H3,(H,13,14). The molecule has 1 N–H and O–H groups in total. The van der Waals surface area contributed by atoms with E-state index >= 15 is 0 Å². The van der Waals surface area contributed by atoms with Gasteiger partial charge >= 0.3 is 0 Å². The molecule has 5 heteroatoms. The zero-order valence-corrected chi connectivity index (χ0v) is 9.85. The third-order valence-corrected chi connectivity index (χ3v) is 3.44. The van der Waals surface area contributed by atoms with E-state index in [1.807, 2.05) is 13.8 Å². The first-order valence-electron chi connectivity index (χ1n) is 4.01. The van der Waals surface area contributed by atoms with Gasteiger partial charge < -0.3 is 4.98 Å². The minimum atomic E-state index is 0.300. The van der Waals surface area contributed by atoms with Gasteiger partial charge in [0.2, 0.25) is 5.28 Å². The topological polar surface area (TPSA) is 28.7 Å². The molecule has 0 atom stereocenters. The minimum Gasteiger partial charge on any atom is -0.327 e. The van der Waals surface area contributed by atoms with E-state index in [1.165, 1.54) is 0 Å². The number of aromatic amines is 1. The van der Waals surface area contributed by atoms with Gasteiger partial charge in [-0.25, -0.2) is 4.98 Å². The number of H-pyrrole nitrogens is 1. The summed E-state index contributed by atoms with van der Waals surface area (Å²) in [6.07, 6.45) is 0. The highest BCUT2D eigenvalue weighted by atomic mass is 35.5. The molecule has 0 aliphatic rings. The maximum Gasteiger partial charge on any atom is 0.201 e. The summed E-state index contributed by atoms with van der Waals surface area (Å²) < 4.78 is 0. The van der Waals surface area contributed by atoms with E-state index in [0.29, 0.717) is 26.4 Å². The van der Waals surface area contributed by atoms with Crippen molar-refractivity contribution in [1.82, 2.24) is 9.97 Å². The Morgan fingerprint density at radius 1 is 1.00 bits per heavy atom. The van der Waals surface area contributed by atoms with Crippen molar-refractivity contribution in [3.63, 3.8) is 0 Å². The fraction of sp³-hybridized carbons (Fsp3) is 0.222. The number of hydrogen-bond acceptors (Lipinski definition) is 1. The van der Waals surface area contributed by atoms with Crippen molar-refractivity contribution in [2.24, 2.45) is 0 Å². The largest absolute Gasteiger partial charge is 0.327 e. The van der Waals surface area contributed by atoms with Crippen LogP contribution in [0.3, 0.4) is 0 Å². The monoisotopic (exact) mass is 248 g/mol. The molecular formula is C9H7Cl3N2. The Morgan fingerprint density at radius 3 is 2.21 bits per heavy atom. The van der Waals surface area contributed by atoms with E-state index in [4.69, 9.17) is 34.8 Å². The molecule has 0 aliphatic carbocycles. The lowest BCUT2D eigenvalue weighted by Gasteiger charge is -2.05. The van der Waals surface area contributed by atoms with Gasteiger partial charge in [-0.2, -0.15) is 0 Å². The summed E-state index contributed by atoms with van der Waals surface area (Å²) in [6, 6.07) is 0. The Morgan fingerprint density at radius 2 is 1.57 bits per heavy atom. The molecule has 2 aromatic rings. The first kappa shape index (κ1) is 10.1. The summed E-state index contributed by atoms with van der Waals surface area (Å²) in [5.74, 6) is 0. The van der Waals surface area contributed by atoms with Crippen LogP contribution in [0.15, 0.2) is 0 Å². The molecule has 0 fully saturated rings. The van der Waals surface area contributed by atoms with E-state index < -0.39 is 0 Å². The van der Waals surface area contributed by atoms with Gasteiger partial charge in [0, 0.05) is 0 Å². The number of nitrogens with one attached hydrogen (secondary N) is 1. The van der Waals surface area contributed by atoms with E-state index in [9.17, 15) is 0 Å². The van der Waals surface area contributed by atoms with E-state index in [0.717, 1.165) is 11.1 Å². The Labute approximate surface area is 96.2 Å². The van der Waals surface area contributed by atoms with Crippen LogP contribution in [0, 0.1) is 13.8 Å². The molecule has 74 valence electrons. The SMILES string of the molecule is Cc1c(C)c(Cl)c2[nH]c(Cl)nc2c1Cl. The molecule has 1 aromatic heterocycles. The molecule has 0 radical (unpaired) electrons. The average molecular weight is 250 g/mol. The molecule has 0 saturated heterocycles. The summed E-state index contributed by atoms with van der Waals surface area (Å²) >= 11 is 18.0. The van der Waals surface area contributed by atoms with Crippen LogP contribution in [-0.4, -0.2) is 9.97 Å². The van der Waals surface area contributed by atoms with Gasteiger partial charge in [0.05, 0.1) is 15.6 Å². The van der Waals surface area contributed by atoms with Crippen molar-refractivity contribution in [2.45, 2.75) is 13.8 Å². The second-order valence-electron chi connectivity index (χ2n) is 3.13. The zero-order chi connectivity index (χ0) is 10.5. The molecule has 2 nitrogen and oxygen atoms in total. The second kappa shape index (κ2) is 3.30. The lowest BCUT2D eigenvalue weighted by atomic mass is 10.1. The summed E-state index contributed by atoms with van der Waals surface area (Å²) in [7, 11) is 0. The molecule has 0 unspecified atom stereocenters. The summed E-state index contributed by atoms with van der Waals surface area (Å²) in [4.78, 5) is 6.94. The quantitative estimate of drug-likeness (QED) is 0.747. The molecule has 1 aromatic carbocycles. The van der Waals surface area contributed by atoms with Crippen LogP contribution < -0.4 is 0 Å². The van der Waals surface area contributed by atoms with Crippen LogP contribution in [0.25, 0.3) is 11.0 Å². The average Bonchev–Trinajstić information content (AvgIpc) is 2.54. The molecule has 0 bridgehead atoms. The fourth-order valence-corrected chi connectivity index (χ4v) is 2.09. The number of halogens is 3. The fourth-order valence-electron chi connectivity index (χ4n) is 1.36. The molecule has 1 heterocycles. The van der Waals surface area contributed by atoms with Crippen LogP contribution in [0.5, 0.6) is 0 Å². The highest BCUT2D eigenvalue weighted by molar-refractivity contribution is 6.41. The van der Waals surface area contributed by atoms with Crippen molar-refractivity contribution in [3.05, 3.63) is 26.5 Å². The second-order valence-corrected chi connectivity index (χ2v) is 4.24. The number of nitrogens with zero attached hydrogens (tertiary/aromatic N) is 1. The van der Waals surface area contributed by atoms with Gasteiger partial charge in [0.1, 0.15) is 5.52 Å². The number of fused-ring (bicyclic) bond motifs is 1. The van der Waals surface area contributed by atoms with Crippen molar-refractivity contribution in [2.75, 3.05) is 0 Å². The maximum atomic E-state index is 6.13. The summed E-state index contributed by atoms with van der Waals surface area (Å²) in [5.41, 5.74) is 3.21. The first-order valence-corrected chi connectivity index (χ1v) is 5.15. The molecule has 2 rings (SSSR count). The highest BCUT2D eigenvalue weighted by Gasteiger charge is 2.14. The Balaban J connectivity index is 3.01. The number of hydrogen-bond donors (Lipinski definition) is 1. The Kier molecular flexibility index (Phi) is 2.38. The lowest BCUT2D eigenvalue weighted by Crippen LogP contribution is -1.87. The molecule has 0 saturated carbocycles. The predicted octanol–water partition coefficient (Wildman–Crippen LogP) is 4.14. The van der Waals surface area contributed by atoms with E-state index in [2.05, 4.69) is 9.97 Å². The van der Waals surface area contributed by atoms with Gasteiger partial charge in [-0.1, -0.05) is 23.2 Å². The van der Waals surface area contributed by atoms with Gasteiger partial charge in [0.25, 0.3) is 0 Å². The normalized spacial score (nSPS) is 11.2. The van der Waals surface area contributed by atoms with Crippen molar-refractivity contribution < 1.29 is 0 Å². The summed E-state index contributed by atoms with van der Waals surface area (Å²) in [6.45, 7) is 3.82. The Hall–Kier alpha value is -0.440. The van der Waals surface area contributed by atoms with Crippen LogP contribution in [0.4, 0.5) is 0 Å². The third-order valence-electron chi connectivity index (χ3n) is 2.32. The predicted molar refractivity (Wildman–Crippen MR) is 60.6 cm³/mol. The van der Waals surface area contributed by atoms with Gasteiger partial charge in [0.15, 0.2) is 0 Å². The van der Waals surface area contributed by atoms with Crippen LogP contribution >= 0.6 is 34.8 Å². The molecule has 0 aliphatic heterocycles. The highest BCUT2D eigenvalue weighted by Crippen LogP contribution is 2.35. The molecular weight excluding hydrogens is 242 g/mol. The van der Waals surface area contributed by atoms with Gasteiger partial charge in [-0.05, 0) is 36.6 Å². The number of aromatic nitrogens is 2. The van der Waals surface area contributed by atoms with Gasteiger partial charge in [-0.3, -0.25) is 0 Å². The molecule has 0 amide bonds. The van der Waals surface area contributed by atoms with Crippen LogP contribution in [0.1, 0.15) is 11.1 Å². The smallest absolute Gasteiger partial charge is 0.201 e. The van der Waals surface area contributed by atoms with E-state index in [-0.39, 0.29) is 0 Å². The minimum absolute atomic E-state index is 0.300. The summed E-state index contributed by atoms with van der Waals surface area (Å²) in [5, 5.41) is 1.53. The number of imidazole rings is 1. The lowest BCUT2D eigenvalue weighted by molar-refractivity contribution is 1.34. The zero-order valence-electron chi connectivity index (χ0n) is 7.58. The van der Waals surface area contributed by atoms with Crippen molar-refractivity contribution in [1.29, 1.82) is 0 Å². The Bertz CT molecular complexity index is 471. The van der Waals surface area contributed by atoms with Crippen LogP contribution in [-0.2, 0) is 0 Å². The maximum absolute atomic E-state index is 6.13. The van der Waals surface area contributed by atoms with Gasteiger partial charge in [-0.15, -0.1) is 0 Å².